The van der Waals surface area contributed by atoms with E-state index >= 15 is 0 Å². The van der Waals surface area contributed by atoms with Crippen molar-refractivity contribution in [2.24, 2.45) is 0 Å². The average molecular weight is 322 g/mol. The molecular formula is C23H30O. The van der Waals surface area contributed by atoms with Crippen molar-refractivity contribution in [3.63, 3.8) is 0 Å². The summed E-state index contributed by atoms with van der Waals surface area (Å²) in [6.07, 6.45) is 11.3. The van der Waals surface area contributed by atoms with Gasteiger partial charge in [0, 0.05) is 5.92 Å². The molecule has 1 heteroatoms. The molecule has 1 unspecified atom stereocenters. The first kappa shape index (κ1) is 17.2. The van der Waals surface area contributed by atoms with E-state index in [0.717, 1.165) is 6.61 Å². The smallest absolute Gasteiger partial charge is 0.0810 e. The maximum atomic E-state index is 5.26. The lowest BCUT2D eigenvalue weighted by molar-refractivity contribution is 0.387. The van der Waals surface area contributed by atoms with Gasteiger partial charge < -0.3 is 4.74 Å². The third kappa shape index (κ3) is 5.79. The highest BCUT2D eigenvalue weighted by atomic mass is 16.6. The number of ether oxygens (including phenoxy) is 1. The summed E-state index contributed by atoms with van der Waals surface area (Å²) >= 11 is 0. The fourth-order valence-electron chi connectivity index (χ4n) is 3.56. The van der Waals surface area contributed by atoms with Crippen LogP contribution in [0.2, 0.25) is 0 Å². The van der Waals surface area contributed by atoms with Crippen molar-refractivity contribution in [2.75, 3.05) is 6.61 Å². The van der Waals surface area contributed by atoms with E-state index in [1.807, 2.05) is 0 Å². The first-order chi connectivity index (χ1) is 11.9. The van der Waals surface area contributed by atoms with E-state index in [1.54, 1.807) is 0 Å². The Morgan fingerprint density at radius 1 is 0.708 bits per heavy atom. The zero-order valence-electron chi connectivity index (χ0n) is 14.7. The second-order valence-electron chi connectivity index (χ2n) is 7.03. The minimum Gasteiger partial charge on any atom is -0.373 e. The van der Waals surface area contributed by atoms with E-state index in [1.165, 1.54) is 62.5 Å². The number of unbranched alkanes of at least 4 members (excludes halogenated alkanes) is 5. The third-order valence-corrected chi connectivity index (χ3v) is 5.08. The van der Waals surface area contributed by atoms with Crippen molar-refractivity contribution in [1.29, 1.82) is 0 Å². The van der Waals surface area contributed by atoms with E-state index in [9.17, 15) is 0 Å². The normalized spacial score (nSPS) is 16.5. The molecule has 0 saturated carbocycles. The van der Waals surface area contributed by atoms with Gasteiger partial charge in [-0.25, -0.2) is 0 Å². The van der Waals surface area contributed by atoms with Crippen LogP contribution in [0.3, 0.4) is 0 Å². The monoisotopic (exact) mass is 322 g/mol. The Kier molecular flexibility index (Phi) is 6.92. The van der Waals surface area contributed by atoms with Gasteiger partial charge in [0.15, 0.2) is 0 Å². The van der Waals surface area contributed by atoms with Gasteiger partial charge in [0.05, 0.1) is 12.7 Å². The summed E-state index contributed by atoms with van der Waals surface area (Å²) < 4.78 is 5.26. The minimum atomic E-state index is 0.541. The molecule has 1 atom stereocenters. The molecule has 1 fully saturated rings. The predicted molar refractivity (Wildman–Crippen MR) is 101 cm³/mol. The zero-order valence-corrected chi connectivity index (χ0v) is 14.7. The summed E-state index contributed by atoms with van der Waals surface area (Å²) in [5.74, 6) is 0.541. The summed E-state index contributed by atoms with van der Waals surface area (Å²) in [4.78, 5) is 0. The van der Waals surface area contributed by atoms with Crippen LogP contribution in [0.5, 0.6) is 0 Å². The molecule has 3 rings (SSSR count). The highest BCUT2D eigenvalue weighted by molar-refractivity contribution is 5.32. The molecule has 0 aromatic heterocycles. The Morgan fingerprint density at radius 3 is 1.75 bits per heavy atom. The molecule has 1 saturated heterocycles. The van der Waals surface area contributed by atoms with Gasteiger partial charge in [-0.1, -0.05) is 99.2 Å². The van der Waals surface area contributed by atoms with Gasteiger partial charge in [-0.2, -0.15) is 0 Å². The Hall–Kier alpha value is -1.60. The topological polar surface area (TPSA) is 12.5 Å². The zero-order chi connectivity index (χ0) is 16.5. The van der Waals surface area contributed by atoms with E-state index in [4.69, 9.17) is 4.74 Å². The largest absolute Gasteiger partial charge is 0.373 e. The predicted octanol–water partition coefficient (Wildman–Crippen LogP) is 6.34. The first-order valence-corrected chi connectivity index (χ1v) is 9.65. The van der Waals surface area contributed by atoms with Crippen molar-refractivity contribution in [2.45, 2.75) is 63.4 Å². The maximum absolute atomic E-state index is 5.26. The van der Waals surface area contributed by atoms with Crippen LogP contribution in [0.25, 0.3) is 0 Å². The summed E-state index contributed by atoms with van der Waals surface area (Å²) in [6, 6.07) is 22.0. The molecule has 1 heterocycles. The molecule has 128 valence electrons. The number of hydrogen-bond acceptors (Lipinski definition) is 1. The molecule has 24 heavy (non-hydrogen) atoms. The SMILES string of the molecule is c1ccc(C(CCCCCCCCC2CO2)c2ccccc2)cc1. The lowest BCUT2D eigenvalue weighted by Gasteiger charge is -2.18. The highest BCUT2D eigenvalue weighted by Crippen LogP contribution is 2.30. The first-order valence-electron chi connectivity index (χ1n) is 9.65. The highest BCUT2D eigenvalue weighted by Gasteiger charge is 2.20. The molecule has 0 spiro atoms. The Bertz CT molecular complexity index is 520. The van der Waals surface area contributed by atoms with Gasteiger partial charge in [0.1, 0.15) is 0 Å². The van der Waals surface area contributed by atoms with Crippen LogP contribution >= 0.6 is 0 Å². The van der Waals surface area contributed by atoms with Gasteiger partial charge in [0.2, 0.25) is 0 Å². The van der Waals surface area contributed by atoms with Gasteiger partial charge in [-0.05, 0) is 24.0 Å². The molecule has 0 N–H and O–H groups in total. The van der Waals surface area contributed by atoms with E-state index in [0.29, 0.717) is 12.0 Å². The molecule has 0 amide bonds. The molecule has 0 aliphatic carbocycles. The number of hydrogen-bond donors (Lipinski definition) is 0. The van der Waals surface area contributed by atoms with Crippen LogP contribution in [-0.4, -0.2) is 12.7 Å². The van der Waals surface area contributed by atoms with Crippen molar-refractivity contribution in [3.8, 4) is 0 Å². The number of rotatable bonds is 11. The van der Waals surface area contributed by atoms with Crippen LogP contribution < -0.4 is 0 Å². The standard InChI is InChI=1S/C23H30O/c1(3-11-17-22-19-24-22)2-4-12-18-23(20-13-7-5-8-14-20)21-15-9-6-10-16-21/h5-10,13-16,22-23H,1-4,11-12,17-19H2. The summed E-state index contributed by atoms with van der Waals surface area (Å²) in [7, 11) is 0. The van der Waals surface area contributed by atoms with Crippen LogP contribution in [0.15, 0.2) is 60.7 Å². The Morgan fingerprint density at radius 2 is 1.21 bits per heavy atom. The molecule has 2 aromatic carbocycles. The third-order valence-electron chi connectivity index (χ3n) is 5.08. The summed E-state index contributed by atoms with van der Waals surface area (Å²) in [6.45, 7) is 1.01. The molecule has 1 aliphatic heterocycles. The van der Waals surface area contributed by atoms with Crippen LogP contribution in [0.4, 0.5) is 0 Å². The molecule has 0 bridgehead atoms. The number of benzene rings is 2. The number of epoxide rings is 1. The summed E-state index contributed by atoms with van der Waals surface area (Å²) in [5.41, 5.74) is 2.90. The van der Waals surface area contributed by atoms with Crippen molar-refractivity contribution in [1.82, 2.24) is 0 Å². The van der Waals surface area contributed by atoms with E-state index < -0.39 is 0 Å². The maximum Gasteiger partial charge on any atom is 0.0810 e. The molecule has 1 nitrogen and oxygen atoms in total. The quantitative estimate of drug-likeness (QED) is 0.347. The lowest BCUT2D eigenvalue weighted by Crippen LogP contribution is -2.01. The fraction of sp³-hybridized carbons (Fsp3) is 0.478. The van der Waals surface area contributed by atoms with Gasteiger partial charge >= 0.3 is 0 Å². The lowest BCUT2D eigenvalue weighted by atomic mass is 9.87. The molecule has 2 aromatic rings. The molecule has 1 aliphatic rings. The Balaban J connectivity index is 1.41. The van der Waals surface area contributed by atoms with Crippen LogP contribution in [0, 0.1) is 0 Å². The van der Waals surface area contributed by atoms with Gasteiger partial charge in [0.25, 0.3) is 0 Å². The van der Waals surface area contributed by atoms with Gasteiger partial charge in [-0.15, -0.1) is 0 Å². The second-order valence-corrected chi connectivity index (χ2v) is 7.03. The van der Waals surface area contributed by atoms with Crippen molar-refractivity contribution >= 4 is 0 Å². The molecular weight excluding hydrogens is 292 g/mol. The van der Waals surface area contributed by atoms with Crippen LogP contribution in [0.1, 0.15) is 68.4 Å². The van der Waals surface area contributed by atoms with E-state index in [2.05, 4.69) is 60.7 Å². The average Bonchev–Trinajstić information content (AvgIpc) is 3.46. The Labute approximate surface area is 147 Å². The molecule has 0 radical (unpaired) electrons. The van der Waals surface area contributed by atoms with Crippen LogP contribution in [-0.2, 0) is 4.74 Å². The van der Waals surface area contributed by atoms with Crippen molar-refractivity contribution in [3.05, 3.63) is 71.8 Å². The minimum absolute atomic E-state index is 0.541. The van der Waals surface area contributed by atoms with Crippen molar-refractivity contribution < 1.29 is 4.74 Å². The second kappa shape index (κ2) is 9.64. The van der Waals surface area contributed by atoms with E-state index in [-0.39, 0.29) is 0 Å². The van der Waals surface area contributed by atoms with Gasteiger partial charge in [-0.3, -0.25) is 0 Å². The fourth-order valence-corrected chi connectivity index (χ4v) is 3.56. The summed E-state index contributed by atoms with van der Waals surface area (Å²) in [5, 5.41) is 0.